The molecule has 0 aliphatic carbocycles. The number of thioether (sulfide) groups is 1. The van der Waals surface area contributed by atoms with Gasteiger partial charge in [-0.3, -0.25) is 4.79 Å². The van der Waals surface area contributed by atoms with Crippen molar-refractivity contribution in [2.75, 3.05) is 11.5 Å². The fraction of sp³-hybridized carbons (Fsp3) is 0.833. The van der Waals surface area contributed by atoms with Gasteiger partial charge in [0.25, 0.3) is 0 Å². The molecule has 1 saturated heterocycles. The van der Waals surface area contributed by atoms with Crippen LogP contribution in [0, 0.1) is 0 Å². The minimum Gasteiger partial charge on any atom is -0.459 e. The van der Waals surface area contributed by atoms with Gasteiger partial charge in [0.05, 0.1) is 0 Å². The molecule has 0 aromatic rings. The van der Waals surface area contributed by atoms with Crippen molar-refractivity contribution in [3.63, 3.8) is 0 Å². The van der Waals surface area contributed by atoms with E-state index >= 15 is 0 Å². The summed E-state index contributed by atoms with van der Waals surface area (Å²) in [6, 6.07) is 0. The molecule has 10 heavy (non-hydrogen) atoms. The first-order chi connectivity index (χ1) is 4.70. The molecular weight excluding hydrogens is 152 g/mol. The van der Waals surface area contributed by atoms with E-state index < -0.39 is 6.10 Å². The van der Waals surface area contributed by atoms with Crippen LogP contribution < -0.4 is 0 Å². The van der Waals surface area contributed by atoms with Crippen molar-refractivity contribution in [3.05, 3.63) is 0 Å². The van der Waals surface area contributed by atoms with Gasteiger partial charge in [0, 0.05) is 18.4 Å². The Morgan fingerprint density at radius 3 is 2.80 bits per heavy atom. The molecule has 2 atom stereocenters. The summed E-state index contributed by atoms with van der Waals surface area (Å²) in [5.41, 5.74) is 0. The summed E-state index contributed by atoms with van der Waals surface area (Å²) in [5, 5.41) is 9.14. The summed E-state index contributed by atoms with van der Waals surface area (Å²) < 4.78 is 4.81. The third kappa shape index (κ3) is 1.88. The molecule has 3 nitrogen and oxygen atoms in total. The molecule has 1 aliphatic rings. The predicted octanol–water partition coefficient (Wildman–Crippen LogP) is 0.0258. The van der Waals surface area contributed by atoms with E-state index in [9.17, 15) is 4.79 Å². The number of aliphatic hydroxyl groups is 1. The van der Waals surface area contributed by atoms with Gasteiger partial charge in [0.1, 0.15) is 12.2 Å². The molecule has 1 rings (SSSR count). The van der Waals surface area contributed by atoms with E-state index in [0.29, 0.717) is 5.75 Å². The van der Waals surface area contributed by atoms with Gasteiger partial charge in [-0.1, -0.05) is 0 Å². The minimum atomic E-state index is -0.464. The normalized spacial score (nSPS) is 32.2. The molecular formula is C6H10O3S. The summed E-state index contributed by atoms with van der Waals surface area (Å²) in [7, 11) is 0. The fourth-order valence-electron chi connectivity index (χ4n) is 0.849. The zero-order chi connectivity index (χ0) is 7.56. The van der Waals surface area contributed by atoms with Crippen molar-refractivity contribution in [1.82, 2.24) is 0 Å². The fourth-order valence-corrected chi connectivity index (χ4v) is 1.96. The van der Waals surface area contributed by atoms with Crippen molar-refractivity contribution < 1.29 is 14.6 Å². The first-order valence-electron chi connectivity index (χ1n) is 3.13. The van der Waals surface area contributed by atoms with Gasteiger partial charge in [-0.05, 0) is 0 Å². The number of hydrogen-bond donors (Lipinski definition) is 1. The molecule has 0 spiro atoms. The molecule has 2 unspecified atom stereocenters. The first kappa shape index (κ1) is 7.88. The molecule has 1 N–H and O–H groups in total. The summed E-state index contributed by atoms with van der Waals surface area (Å²) in [6.45, 7) is 1.36. The van der Waals surface area contributed by atoms with E-state index in [0.717, 1.165) is 5.75 Å². The second kappa shape index (κ2) is 3.25. The maximum absolute atomic E-state index is 10.4. The van der Waals surface area contributed by atoms with Crippen LogP contribution >= 0.6 is 11.8 Å². The lowest BCUT2D eigenvalue weighted by Gasteiger charge is -2.12. The maximum Gasteiger partial charge on any atom is 0.303 e. The lowest BCUT2D eigenvalue weighted by atomic mass is 10.3. The first-order valence-corrected chi connectivity index (χ1v) is 4.28. The van der Waals surface area contributed by atoms with E-state index in [-0.39, 0.29) is 12.1 Å². The molecule has 0 aromatic heterocycles. The summed E-state index contributed by atoms with van der Waals surface area (Å²) in [6.07, 6.45) is -0.739. The lowest BCUT2D eigenvalue weighted by Crippen LogP contribution is -2.28. The van der Waals surface area contributed by atoms with Gasteiger partial charge in [-0.2, -0.15) is 11.8 Å². The van der Waals surface area contributed by atoms with E-state index in [4.69, 9.17) is 9.84 Å². The van der Waals surface area contributed by atoms with Crippen LogP contribution in [0.5, 0.6) is 0 Å². The predicted molar refractivity (Wildman–Crippen MR) is 38.9 cm³/mol. The molecule has 1 heterocycles. The summed E-state index contributed by atoms with van der Waals surface area (Å²) >= 11 is 1.61. The van der Waals surface area contributed by atoms with Crippen molar-refractivity contribution in [2.24, 2.45) is 0 Å². The zero-order valence-corrected chi connectivity index (χ0v) is 6.56. The van der Waals surface area contributed by atoms with E-state index in [1.165, 1.54) is 6.92 Å². The Morgan fingerprint density at radius 1 is 1.70 bits per heavy atom. The minimum absolute atomic E-state index is 0.275. The highest BCUT2D eigenvalue weighted by Gasteiger charge is 2.27. The van der Waals surface area contributed by atoms with Crippen LogP contribution in [0.25, 0.3) is 0 Å². The molecule has 0 radical (unpaired) electrons. The summed E-state index contributed by atoms with van der Waals surface area (Å²) in [5.74, 6) is 1.09. The van der Waals surface area contributed by atoms with Crippen LogP contribution in [0.1, 0.15) is 6.92 Å². The Balaban J connectivity index is 2.33. The van der Waals surface area contributed by atoms with Crippen molar-refractivity contribution in [3.8, 4) is 0 Å². The molecule has 1 aliphatic heterocycles. The van der Waals surface area contributed by atoms with E-state index in [2.05, 4.69) is 0 Å². The molecule has 4 heteroatoms. The van der Waals surface area contributed by atoms with Gasteiger partial charge in [-0.15, -0.1) is 0 Å². The van der Waals surface area contributed by atoms with Gasteiger partial charge in [0.2, 0.25) is 0 Å². The van der Waals surface area contributed by atoms with Crippen LogP contribution in [-0.4, -0.2) is 34.8 Å². The van der Waals surface area contributed by atoms with E-state index in [1.54, 1.807) is 11.8 Å². The molecule has 0 bridgehead atoms. The highest BCUT2D eigenvalue weighted by Crippen LogP contribution is 2.20. The average molecular weight is 162 g/mol. The van der Waals surface area contributed by atoms with Crippen molar-refractivity contribution >= 4 is 17.7 Å². The third-order valence-corrected chi connectivity index (χ3v) is 2.46. The number of esters is 1. The highest BCUT2D eigenvalue weighted by molar-refractivity contribution is 7.99. The van der Waals surface area contributed by atoms with Crippen LogP contribution in [0.3, 0.4) is 0 Å². The molecule has 58 valence electrons. The SMILES string of the molecule is CC(=O)OC1CSCC1O. The average Bonchev–Trinajstić information content (AvgIpc) is 2.15. The standard InChI is InChI=1S/C6H10O3S/c1-4(7)9-6-3-10-2-5(6)8/h5-6,8H,2-3H2,1H3. The molecule has 1 fully saturated rings. The Bertz CT molecular complexity index is 137. The van der Waals surface area contributed by atoms with Crippen LogP contribution in [-0.2, 0) is 9.53 Å². The third-order valence-electron chi connectivity index (χ3n) is 1.32. The Kier molecular flexibility index (Phi) is 2.56. The number of rotatable bonds is 1. The number of carbonyl (C=O) groups excluding carboxylic acids is 1. The van der Waals surface area contributed by atoms with Gasteiger partial charge in [0.15, 0.2) is 0 Å². The van der Waals surface area contributed by atoms with Crippen LogP contribution in [0.4, 0.5) is 0 Å². The topological polar surface area (TPSA) is 46.5 Å². The second-order valence-electron chi connectivity index (χ2n) is 2.25. The molecule has 0 aromatic carbocycles. The number of ether oxygens (including phenoxy) is 1. The second-order valence-corrected chi connectivity index (χ2v) is 3.33. The van der Waals surface area contributed by atoms with Crippen LogP contribution in [0.2, 0.25) is 0 Å². The highest BCUT2D eigenvalue weighted by atomic mass is 32.2. The monoisotopic (exact) mass is 162 g/mol. The van der Waals surface area contributed by atoms with Crippen molar-refractivity contribution in [1.29, 1.82) is 0 Å². The van der Waals surface area contributed by atoms with Gasteiger partial charge < -0.3 is 9.84 Å². The quantitative estimate of drug-likeness (QED) is 0.552. The number of carbonyl (C=O) groups is 1. The van der Waals surface area contributed by atoms with Crippen LogP contribution in [0.15, 0.2) is 0 Å². The Labute approximate surface area is 63.8 Å². The Hall–Kier alpha value is -0.220. The molecule has 0 amide bonds. The number of hydrogen-bond acceptors (Lipinski definition) is 4. The van der Waals surface area contributed by atoms with Gasteiger partial charge in [-0.25, -0.2) is 0 Å². The van der Waals surface area contributed by atoms with Crippen molar-refractivity contribution in [2.45, 2.75) is 19.1 Å². The van der Waals surface area contributed by atoms with E-state index in [1.807, 2.05) is 0 Å². The number of aliphatic hydroxyl groups excluding tert-OH is 1. The maximum atomic E-state index is 10.4. The van der Waals surface area contributed by atoms with Gasteiger partial charge >= 0.3 is 5.97 Å². The summed E-state index contributed by atoms with van der Waals surface area (Å²) in [4.78, 5) is 10.4. The zero-order valence-electron chi connectivity index (χ0n) is 5.74. The smallest absolute Gasteiger partial charge is 0.303 e. The lowest BCUT2D eigenvalue weighted by molar-refractivity contribution is -0.149. The largest absolute Gasteiger partial charge is 0.459 e. The Morgan fingerprint density at radius 2 is 2.40 bits per heavy atom. The molecule has 0 saturated carbocycles.